The average Bonchev–Trinajstić information content (AvgIpc) is 3.16. The fraction of sp³-hybridized carbons (Fsp3) is 0.550. The van der Waals surface area contributed by atoms with Crippen molar-refractivity contribution in [1.29, 1.82) is 0 Å². The van der Waals surface area contributed by atoms with Crippen LogP contribution in [-0.4, -0.2) is 54.3 Å². The van der Waals surface area contributed by atoms with Gasteiger partial charge in [0.1, 0.15) is 0 Å². The fourth-order valence-electron chi connectivity index (χ4n) is 3.11. The maximum atomic E-state index is 12.6. The lowest BCUT2D eigenvalue weighted by atomic mass is 10.1. The van der Waals surface area contributed by atoms with Crippen molar-refractivity contribution in [2.24, 2.45) is 0 Å². The van der Waals surface area contributed by atoms with Crippen molar-refractivity contribution >= 4 is 11.6 Å². The van der Waals surface area contributed by atoms with Crippen molar-refractivity contribution in [3.8, 4) is 0 Å². The summed E-state index contributed by atoms with van der Waals surface area (Å²) in [5, 5.41) is 3.94. The van der Waals surface area contributed by atoms with Crippen molar-refractivity contribution in [3.05, 3.63) is 41.5 Å². The van der Waals surface area contributed by atoms with Crippen LogP contribution in [0.4, 0.5) is 5.69 Å². The molecule has 1 aromatic carbocycles. The highest BCUT2D eigenvalue weighted by molar-refractivity contribution is 5.76. The molecule has 0 saturated carbocycles. The molecule has 1 saturated heterocycles. The summed E-state index contributed by atoms with van der Waals surface area (Å²) >= 11 is 0. The van der Waals surface area contributed by atoms with Crippen molar-refractivity contribution in [2.75, 3.05) is 38.3 Å². The van der Waals surface area contributed by atoms with E-state index in [1.165, 1.54) is 5.69 Å². The SMILES string of the molecule is CC(C)c1noc(CCC(=O)N(C)Cc2ccccc2N2CCOCC2)n1. The Kier molecular flexibility index (Phi) is 6.45. The van der Waals surface area contributed by atoms with E-state index in [1.54, 1.807) is 4.90 Å². The molecule has 1 aliphatic rings. The molecule has 3 rings (SSSR count). The van der Waals surface area contributed by atoms with Crippen LogP contribution in [-0.2, 0) is 22.5 Å². The van der Waals surface area contributed by atoms with Gasteiger partial charge in [-0.05, 0) is 11.6 Å². The van der Waals surface area contributed by atoms with Gasteiger partial charge in [0, 0.05) is 51.1 Å². The molecule has 0 atom stereocenters. The molecule has 7 heteroatoms. The zero-order valence-corrected chi connectivity index (χ0v) is 16.4. The summed E-state index contributed by atoms with van der Waals surface area (Å²) in [7, 11) is 1.84. The van der Waals surface area contributed by atoms with E-state index >= 15 is 0 Å². The smallest absolute Gasteiger partial charge is 0.227 e. The number of aromatic nitrogens is 2. The number of rotatable bonds is 7. The molecule has 2 aromatic rings. The van der Waals surface area contributed by atoms with Gasteiger partial charge in [0.25, 0.3) is 0 Å². The lowest BCUT2D eigenvalue weighted by Crippen LogP contribution is -2.37. The molecule has 0 spiro atoms. The van der Waals surface area contributed by atoms with Crippen molar-refractivity contribution in [2.45, 2.75) is 39.2 Å². The number of morpholine rings is 1. The Morgan fingerprint density at radius 3 is 2.70 bits per heavy atom. The van der Waals surface area contributed by atoms with Crippen molar-refractivity contribution < 1.29 is 14.1 Å². The third-order valence-corrected chi connectivity index (χ3v) is 4.73. The summed E-state index contributed by atoms with van der Waals surface area (Å²) < 4.78 is 10.7. The van der Waals surface area contributed by atoms with Gasteiger partial charge in [0.15, 0.2) is 5.82 Å². The van der Waals surface area contributed by atoms with Gasteiger partial charge in [-0.1, -0.05) is 37.2 Å². The first-order valence-electron chi connectivity index (χ1n) is 9.51. The molecular formula is C20H28N4O3. The minimum absolute atomic E-state index is 0.0658. The Bertz CT molecular complexity index is 753. The molecule has 0 N–H and O–H groups in total. The maximum Gasteiger partial charge on any atom is 0.227 e. The number of nitrogens with zero attached hydrogens (tertiary/aromatic N) is 4. The van der Waals surface area contributed by atoms with Crippen LogP contribution in [0, 0.1) is 0 Å². The molecule has 0 radical (unpaired) electrons. The molecule has 1 fully saturated rings. The number of carbonyl (C=O) groups is 1. The Morgan fingerprint density at radius 1 is 1.26 bits per heavy atom. The molecule has 1 aromatic heterocycles. The number of anilines is 1. The average molecular weight is 372 g/mol. The first-order chi connectivity index (χ1) is 13.0. The Balaban J connectivity index is 1.57. The first kappa shape index (κ1) is 19.4. The van der Waals surface area contributed by atoms with Crippen LogP contribution < -0.4 is 4.90 Å². The number of para-hydroxylation sites is 1. The van der Waals surface area contributed by atoms with Gasteiger partial charge in [0.2, 0.25) is 11.8 Å². The van der Waals surface area contributed by atoms with E-state index in [0.29, 0.717) is 31.1 Å². The second kappa shape index (κ2) is 8.99. The van der Waals surface area contributed by atoms with E-state index in [1.807, 2.05) is 33.0 Å². The topological polar surface area (TPSA) is 71.7 Å². The predicted molar refractivity (Wildman–Crippen MR) is 103 cm³/mol. The Hall–Kier alpha value is -2.41. The highest BCUT2D eigenvalue weighted by Gasteiger charge is 2.18. The maximum absolute atomic E-state index is 12.6. The van der Waals surface area contributed by atoms with Crippen LogP contribution >= 0.6 is 0 Å². The molecule has 0 bridgehead atoms. The highest BCUT2D eigenvalue weighted by Crippen LogP contribution is 2.23. The highest BCUT2D eigenvalue weighted by atomic mass is 16.5. The molecule has 1 aliphatic heterocycles. The largest absolute Gasteiger partial charge is 0.378 e. The number of hydrogen-bond donors (Lipinski definition) is 0. The minimum atomic E-state index is 0.0658. The molecule has 1 amide bonds. The normalized spacial score (nSPS) is 14.6. The number of aryl methyl sites for hydroxylation is 1. The lowest BCUT2D eigenvalue weighted by Gasteiger charge is -2.31. The summed E-state index contributed by atoms with van der Waals surface area (Å²) in [5.41, 5.74) is 2.33. The first-order valence-corrected chi connectivity index (χ1v) is 9.51. The number of amides is 1. The fourth-order valence-corrected chi connectivity index (χ4v) is 3.11. The van der Waals surface area contributed by atoms with E-state index in [-0.39, 0.29) is 11.8 Å². The minimum Gasteiger partial charge on any atom is -0.378 e. The van der Waals surface area contributed by atoms with Crippen LogP contribution in [0.15, 0.2) is 28.8 Å². The second-order valence-corrected chi connectivity index (χ2v) is 7.18. The van der Waals surface area contributed by atoms with E-state index < -0.39 is 0 Å². The van der Waals surface area contributed by atoms with Gasteiger partial charge in [0.05, 0.1) is 13.2 Å². The van der Waals surface area contributed by atoms with Gasteiger partial charge in [-0.2, -0.15) is 4.98 Å². The van der Waals surface area contributed by atoms with Crippen molar-refractivity contribution in [1.82, 2.24) is 15.0 Å². The van der Waals surface area contributed by atoms with Crippen molar-refractivity contribution in [3.63, 3.8) is 0 Å². The number of carbonyl (C=O) groups excluding carboxylic acids is 1. The van der Waals surface area contributed by atoms with Gasteiger partial charge < -0.3 is 19.1 Å². The quantitative estimate of drug-likeness (QED) is 0.744. The molecular weight excluding hydrogens is 344 g/mol. The number of benzene rings is 1. The second-order valence-electron chi connectivity index (χ2n) is 7.18. The summed E-state index contributed by atoms with van der Waals surface area (Å²) in [6.07, 6.45) is 0.823. The van der Waals surface area contributed by atoms with Crippen LogP contribution in [0.1, 0.15) is 43.5 Å². The van der Waals surface area contributed by atoms with Gasteiger partial charge >= 0.3 is 0 Å². The molecule has 2 heterocycles. The van der Waals surface area contributed by atoms with Crippen LogP contribution in [0.5, 0.6) is 0 Å². The lowest BCUT2D eigenvalue weighted by molar-refractivity contribution is -0.130. The predicted octanol–water partition coefficient (Wildman–Crippen LogP) is 2.62. The van der Waals surface area contributed by atoms with Crippen LogP contribution in [0.2, 0.25) is 0 Å². The molecule has 0 unspecified atom stereocenters. The standard InChI is InChI=1S/C20H28N4O3/c1-15(2)20-21-18(27-22-20)8-9-19(25)23(3)14-16-6-4-5-7-17(16)24-10-12-26-13-11-24/h4-7,15H,8-14H2,1-3H3. The third-order valence-electron chi connectivity index (χ3n) is 4.73. The summed E-state index contributed by atoms with van der Waals surface area (Å²) in [5.74, 6) is 1.49. The zero-order chi connectivity index (χ0) is 19.2. The zero-order valence-electron chi connectivity index (χ0n) is 16.4. The summed E-state index contributed by atoms with van der Waals surface area (Å²) in [6.45, 7) is 7.84. The van der Waals surface area contributed by atoms with E-state index in [2.05, 4.69) is 27.2 Å². The van der Waals surface area contributed by atoms with Gasteiger partial charge in [-0.15, -0.1) is 0 Å². The molecule has 146 valence electrons. The third kappa shape index (κ3) is 5.07. The Morgan fingerprint density at radius 2 is 2.00 bits per heavy atom. The van der Waals surface area contributed by atoms with E-state index in [9.17, 15) is 4.79 Å². The van der Waals surface area contributed by atoms with Crippen LogP contribution in [0.25, 0.3) is 0 Å². The monoisotopic (exact) mass is 372 g/mol. The van der Waals surface area contributed by atoms with Crippen LogP contribution in [0.3, 0.4) is 0 Å². The number of ether oxygens (including phenoxy) is 1. The molecule has 7 nitrogen and oxygen atoms in total. The van der Waals surface area contributed by atoms with Gasteiger partial charge in [-0.3, -0.25) is 4.79 Å². The van der Waals surface area contributed by atoms with E-state index in [0.717, 1.165) is 31.9 Å². The van der Waals surface area contributed by atoms with E-state index in [4.69, 9.17) is 9.26 Å². The Labute approximate surface area is 160 Å². The number of hydrogen-bond acceptors (Lipinski definition) is 6. The molecule has 0 aliphatic carbocycles. The molecule has 27 heavy (non-hydrogen) atoms. The van der Waals surface area contributed by atoms with Gasteiger partial charge in [-0.25, -0.2) is 0 Å². The summed E-state index contributed by atoms with van der Waals surface area (Å²) in [4.78, 5) is 21.0. The summed E-state index contributed by atoms with van der Waals surface area (Å²) in [6, 6.07) is 8.26.